The van der Waals surface area contributed by atoms with Crippen LogP contribution in [0.3, 0.4) is 0 Å². The lowest BCUT2D eigenvalue weighted by Gasteiger charge is -2.30. The highest BCUT2D eigenvalue weighted by atomic mass is 19.4. The number of imidazole rings is 1. The van der Waals surface area contributed by atoms with Crippen LogP contribution in [0.4, 0.5) is 26.3 Å². The third kappa shape index (κ3) is 8.42. The number of nitrogens with two attached hydrogens (primary N) is 1. The second-order valence-electron chi connectivity index (χ2n) is 8.31. The average molecular weight is 568 g/mol. The van der Waals surface area contributed by atoms with Gasteiger partial charge in [-0.2, -0.15) is 13.2 Å². The van der Waals surface area contributed by atoms with Gasteiger partial charge < -0.3 is 30.5 Å². The Morgan fingerprint density at radius 2 is 1.51 bits per heavy atom. The van der Waals surface area contributed by atoms with E-state index < -0.39 is 71.5 Å². The van der Waals surface area contributed by atoms with E-state index in [0.717, 1.165) is 4.90 Å². The maximum Gasteiger partial charge on any atom is 0.449 e. The monoisotopic (exact) mass is 568 g/mol. The minimum atomic E-state index is -4.87. The third-order valence-electron chi connectivity index (χ3n) is 5.38. The van der Waals surface area contributed by atoms with Crippen molar-refractivity contribution >= 4 is 23.8 Å². The van der Waals surface area contributed by atoms with Crippen LogP contribution in [0.2, 0.25) is 0 Å². The third-order valence-corrected chi connectivity index (χ3v) is 5.38. The number of carboxylic acid groups (broad SMARTS) is 3. The highest BCUT2D eigenvalue weighted by Gasteiger charge is 2.41. The summed E-state index contributed by atoms with van der Waals surface area (Å²) in [6.45, 7) is -0.921. The molecule has 214 valence electrons. The normalized spacial score (nSPS) is 13.7. The van der Waals surface area contributed by atoms with Gasteiger partial charge in [-0.3, -0.25) is 14.4 Å². The molecule has 2 aromatic rings. The lowest BCUT2D eigenvalue weighted by atomic mass is 10.0. The molecule has 17 heteroatoms. The van der Waals surface area contributed by atoms with E-state index in [4.69, 9.17) is 21.1 Å². The van der Waals surface area contributed by atoms with Crippen molar-refractivity contribution < 1.29 is 60.8 Å². The molecule has 1 aromatic carbocycles. The van der Waals surface area contributed by atoms with Crippen LogP contribution in [0.5, 0.6) is 0 Å². The molecule has 2 heterocycles. The first kappa shape index (κ1) is 31.1. The highest BCUT2D eigenvalue weighted by Crippen LogP contribution is 2.32. The lowest BCUT2D eigenvalue weighted by Crippen LogP contribution is -2.42. The minimum absolute atomic E-state index is 0.156. The fourth-order valence-electron chi connectivity index (χ4n) is 3.61. The summed E-state index contributed by atoms with van der Waals surface area (Å²) in [6, 6.07) is -0.00786. The molecule has 1 unspecified atom stereocenters. The van der Waals surface area contributed by atoms with Crippen molar-refractivity contribution in [3.8, 4) is 0 Å². The number of carbonyl (C=O) groups is 4. The quantitative estimate of drug-likeness (QED) is 0.275. The molecule has 1 atom stereocenters. The number of aliphatic carboxylic acids is 2. The van der Waals surface area contributed by atoms with E-state index in [9.17, 15) is 45.5 Å². The number of fused-ring (bicyclic) bond motifs is 1. The van der Waals surface area contributed by atoms with E-state index in [2.05, 4.69) is 4.98 Å². The van der Waals surface area contributed by atoms with E-state index in [1.807, 2.05) is 0 Å². The fourth-order valence-corrected chi connectivity index (χ4v) is 3.61. The molecule has 39 heavy (non-hydrogen) atoms. The Kier molecular flexibility index (Phi) is 10.0. The van der Waals surface area contributed by atoms with Gasteiger partial charge in [0.1, 0.15) is 5.82 Å². The van der Waals surface area contributed by atoms with Gasteiger partial charge in [-0.05, 0) is 18.1 Å². The number of aromatic nitrogens is 2. The van der Waals surface area contributed by atoms with E-state index in [1.165, 1.54) is 0 Å². The standard InChI is InChI=1S/C18H16F6N4O3.C4H6O4/c19-10-6-12(21)11(20)4-8(10)3-9(25)5-14(29)27-1-2-28-13(7-27)15(16(30)31)26-17(28)18(22,23)24;5-3(6)1-2-4(7)8/h4,6,9H,1-3,5,7,25H2,(H,30,31);1-2H2,(H,5,6)(H,7,8). The molecule has 0 fully saturated rings. The Morgan fingerprint density at radius 1 is 0.949 bits per heavy atom. The zero-order valence-electron chi connectivity index (χ0n) is 19.8. The van der Waals surface area contributed by atoms with Gasteiger partial charge in [0.05, 0.1) is 25.1 Å². The van der Waals surface area contributed by atoms with E-state index in [0.29, 0.717) is 16.7 Å². The first-order valence-electron chi connectivity index (χ1n) is 11.0. The summed E-state index contributed by atoms with van der Waals surface area (Å²) < 4.78 is 80.1. The number of amides is 1. The maximum atomic E-state index is 13.8. The van der Waals surface area contributed by atoms with Gasteiger partial charge in [-0.15, -0.1) is 0 Å². The SMILES string of the molecule is NC(CC(=O)N1CCn2c(C(F)(F)F)nc(C(=O)O)c2C1)Cc1cc(F)c(F)cc1F.O=C(O)CCC(=O)O. The number of alkyl halides is 3. The number of carbonyl (C=O) groups excluding carboxylic acids is 1. The topological polar surface area (TPSA) is 176 Å². The molecule has 11 nitrogen and oxygen atoms in total. The van der Waals surface area contributed by atoms with Gasteiger partial charge in [0.25, 0.3) is 0 Å². The predicted octanol–water partition coefficient (Wildman–Crippen LogP) is 2.26. The number of benzene rings is 1. The summed E-state index contributed by atoms with van der Waals surface area (Å²) >= 11 is 0. The molecule has 0 aliphatic carbocycles. The lowest BCUT2D eigenvalue weighted by molar-refractivity contribution is -0.148. The van der Waals surface area contributed by atoms with Crippen LogP contribution in [-0.4, -0.2) is 66.2 Å². The van der Waals surface area contributed by atoms with E-state index in [-0.39, 0.29) is 50.0 Å². The summed E-state index contributed by atoms with van der Waals surface area (Å²) in [5, 5.41) is 25.0. The van der Waals surface area contributed by atoms with Crippen LogP contribution in [0.15, 0.2) is 12.1 Å². The summed E-state index contributed by atoms with van der Waals surface area (Å²) in [4.78, 5) is 47.4. The smallest absolute Gasteiger partial charge is 0.449 e. The molecule has 1 aromatic heterocycles. The largest absolute Gasteiger partial charge is 0.481 e. The molecular formula is C22H22F6N4O7. The molecule has 0 saturated heterocycles. The first-order chi connectivity index (χ1) is 18.0. The van der Waals surface area contributed by atoms with Crippen molar-refractivity contribution in [3.63, 3.8) is 0 Å². The molecule has 1 aliphatic rings. The van der Waals surface area contributed by atoms with Crippen molar-refractivity contribution in [1.29, 1.82) is 0 Å². The number of hydrogen-bond acceptors (Lipinski definition) is 6. The summed E-state index contributed by atoms with van der Waals surface area (Å²) in [6.07, 6.45) is -6.13. The highest BCUT2D eigenvalue weighted by molar-refractivity contribution is 5.87. The summed E-state index contributed by atoms with van der Waals surface area (Å²) in [7, 11) is 0. The van der Waals surface area contributed by atoms with Gasteiger partial charge in [0.15, 0.2) is 17.3 Å². The second kappa shape index (κ2) is 12.6. The van der Waals surface area contributed by atoms with Crippen LogP contribution >= 0.6 is 0 Å². The van der Waals surface area contributed by atoms with E-state index in [1.54, 1.807) is 0 Å². The molecule has 1 aliphatic heterocycles. The van der Waals surface area contributed by atoms with E-state index >= 15 is 0 Å². The first-order valence-corrected chi connectivity index (χ1v) is 11.0. The molecule has 0 radical (unpaired) electrons. The minimum Gasteiger partial charge on any atom is -0.481 e. The molecule has 3 rings (SSSR count). The van der Waals surface area contributed by atoms with Gasteiger partial charge in [-0.1, -0.05) is 0 Å². The Hall–Kier alpha value is -4.15. The molecule has 0 bridgehead atoms. The Labute approximate surface area is 215 Å². The van der Waals surface area contributed by atoms with Gasteiger partial charge in [0, 0.05) is 31.6 Å². The fraction of sp³-hybridized carbons (Fsp3) is 0.409. The van der Waals surface area contributed by atoms with Crippen molar-refractivity contribution in [1.82, 2.24) is 14.5 Å². The molecule has 1 amide bonds. The molecule has 0 saturated carbocycles. The van der Waals surface area contributed by atoms with Crippen LogP contribution in [-0.2, 0) is 40.1 Å². The van der Waals surface area contributed by atoms with Crippen LogP contribution in [0.1, 0.15) is 46.8 Å². The number of rotatable bonds is 8. The Morgan fingerprint density at radius 3 is 2.03 bits per heavy atom. The molecular weight excluding hydrogens is 546 g/mol. The van der Waals surface area contributed by atoms with Crippen LogP contribution in [0, 0.1) is 17.5 Å². The summed E-state index contributed by atoms with van der Waals surface area (Å²) in [5.41, 5.74) is 4.49. The van der Waals surface area contributed by atoms with Crippen molar-refractivity contribution in [2.24, 2.45) is 5.73 Å². The zero-order valence-corrected chi connectivity index (χ0v) is 19.8. The second-order valence-corrected chi connectivity index (χ2v) is 8.31. The number of aromatic carboxylic acids is 1. The Bertz CT molecular complexity index is 1250. The maximum absolute atomic E-state index is 13.8. The molecule has 0 spiro atoms. The number of nitrogens with zero attached hydrogens (tertiary/aromatic N) is 3. The van der Waals surface area contributed by atoms with Crippen molar-refractivity contribution in [2.75, 3.05) is 6.54 Å². The van der Waals surface area contributed by atoms with Crippen LogP contribution < -0.4 is 5.73 Å². The van der Waals surface area contributed by atoms with Crippen molar-refractivity contribution in [2.45, 2.75) is 51.0 Å². The number of carboxylic acids is 3. The zero-order chi connectivity index (χ0) is 29.7. The van der Waals surface area contributed by atoms with Gasteiger partial charge >= 0.3 is 24.1 Å². The number of halogens is 6. The molecule has 5 N–H and O–H groups in total. The number of hydrogen-bond donors (Lipinski definition) is 4. The summed E-state index contributed by atoms with van der Waals surface area (Å²) in [5.74, 6) is -9.48. The van der Waals surface area contributed by atoms with Crippen molar-refractivity contribution in [3.05, 3.63) is 52.4 Å². The van der Waals surface area contributed by atoms with Gasteiger partial charge in [-0.25, -0.2) is 22.9 Å². The Balaban J connectivity index is 0.000000580. The van der Waals surface area contributed by atoms with Gasteiger partial charge in [0.2, 0.25) is 11.7 Å². The average Bonchev–Trinajstić information content (AvgIpc) is 3.21. The predicted molar refractivity (Wildman–Crippen MR) is 117 cm³/mol. The van der Waals surface area contributed by atoms with Crippen LogP contribution in [0.25, 0.3) is 0 Å².